The largest absolute Gasteiger partial charge is 0.497 e. The van der Waals surface area contributed by atoms with Crippen molar-refractivity contribution < 1.29 is 32.6 Å². The highest BCUT2D eigenvalue weighted by Gasteiger charge is 2.34. The van der Waals surface area contributed by atoms with Crippen molar-refractivity contribution >= 4 is 17.5 Å². The van der Waals surface area contributed by atoms with E-state index >= 15 is 0 Å². The summed E-state index contributed by atoms with van der Waals surface area (Å²) in [5.41, 5.74) is 0.753. The lowest BCUT2D eigenvalue weighted by Crippen LogP contribution is -2.54. The minimum atomic E-state index is -1.08. The van der Waals surface area contributed by atoms with E-state index in [-0.39, 0.29) is 31.4 Å². The van der Waals surface area contributed by atoms with E-state index in [9.17, 15) is 18.4 Å². The first-order valence-electron chi connectivity index (χ1n) is 8.77. The molecule has 2 aromatic rings. The minimum Gasteiger partial charge on any atom is -0.497 e. The van der Waals surface area contributed by atoms with E-state index in [4.69, 9.17) is 14.2 Å². The molecule has 1 saturated heterocycles. The summed E-state index contributed by atoms with van der Waals surface area (Å²) >= 11 is 0. The minimum absolute atomic E-state index is 0.0281. The Morgan fingerprint density at radius 3 is 2.66 bits per heavy atom. The molecule has 0 aliphatic carbocycles. The third-order valence-corrected chi connectivity index (χ3v) is 4.52. The Morgan fingerprint density at radius 2 is 1.97 bits per heavy atom. The average molecular weight is 406 g/mol. The number of rotatable bonds is 6. The number of morpholine rings is 1. The third-order valence-electron chi connectivity index (χ3n) is 4.52. The Kier molecular flexibility index (Phi) is 6.28. The first-order chi connectivity index (χ1) is 13.9. The number of nitrogens with one attached hydrogen (secondary N) is 1. The molecule has 0 unspecified atom stereocenters. The lowest BCUT2D eigenvalue weighted by atomic mass is 10.1. The number of hydrogen-bond donors (Lipinski definition) is 1. The molecule has 3 rings (SSSR count). The molecular weight excluding hydrogens is 386 g/mol. The van der Waals surface area contributed by atoms with Crippen molar-refractivity contribution in [3.8, 4) is 11.5 Å². The van der Waals surface area contributed by atoms with Gasteiger partial charge in [-0.2, -0.15) is 0 Å². The van der Waals surface area contributed by atoms with Crippen LogP contribution in [0.4, 0.5) is 14.5 Å². The molecule has 1 fully saturated rings. The molecule has 1 aliphatic rings. The Balaban J connectivity index is 1.81. The molecule has 1 aliphatic heterocycles. The van der Waals surface area contributed by atoms with Crippen LogP contribution in [0.5, 0.6) is 11.5 Å². The maximum atomic E-state index is 13.4. The van der Waals surface area contributed by atoms with Crippen LogP contribution < -0.4 is 14.8 Å². The van der Waals surface area contributed by atoms with Crippen molar-refractivity contribution in [3.63, 3.8) is 0 Å². The number of nitrogens with zero attached hydrogens (tertiary/aromatic N) is 1. The van der Waals surface area contributed by atoms with Crippen LogP contribution in [0.2, 0.25) is 0 Å². The first-order valence-corrected chi connectivity index (χ1v) is 8.77. The van der Waals surface area contributed by atoms with Crippen LogP contribution in [0, 0.1) is 11.6 Å². The zero-order valence-corrected chi connectivity index (χ0v) is 15.9. The van der Waals surface area contributed by atoms with E-state index in [1.54, 1.807) is 18.2 Å². The van der Waals surface area contributed by atoms with Gasteiger partial charge in [-0.3, -0.25) is 9.59 Å². The molecule has 154 valence electrons. The smallest absolute Gasteiger partial charge is 0.249 e. The van der Waals surface area contributed by atoms with E-state index in [0.29, 0.717) is 17.1 Å². The highest BCUT2D eigenvalue weighted by atomic mass is 19.2. The summed E-state index contributed by atoms with van der Waals surface area (Å²) < 4.78 is 42.2. The predicted octanol–water partition coefficient (Wildman–Crippen LogP) is 2.35. The lowest BCUT2D eigenvalue weighted by molar-refractivity contribution is -0.154. The highest BCUT2D eigenvalue weighted by molar-refractivity contribution is 5.98. The number of amides is 2. The quantitative estimate of drug-likeness (QED) is 0.797. The summed E-state index contributed by atoms with van der Waals surface area (Å²) in [7, 11) is 3.02. The van der Waals surface area contributed by atoms with Gasteiger partial charge in [0.25, 0.3) is 0 Å². The van der Waals surface area contributed by atoms with Crippen molar-refractivity contribution in [2.24, 2.45) is 0 Å². The van der Waals surface area contributed by atoms with Crippen LogP contribution in [0.25, 0.3) is 0 Å². The molecule has 0 spiro atoms. The number of anilines is 1. The second kappa shape index (κ2) is 8.87. The molecule has 2 amide bonds. The van der Waals surface area contributed by atoms with E-state index in [0.717, 1.165) is 12.1 Å². The predicted molar refractivity (Wildman–Crippen MR) is 99.7 cm³/mol. The SMILES string of the molecule is COc1ccc(CN2C(=O)COC[C@H]2C(=O)Nc2ccc(F)c(F)c2)c(OC)c1. The summed E-state index contributed by atoms with van der Waals surface area (Å²) in [6.45, 7) is -0.0849. The van der Waals surface area contributed by atoms with Gasteiger partial charge in [0.2, 0.25) is 11.8 Å². The van der Waals surface area contributed by atoms with Crippen LogP contribution in [0.3, 0.4) is 0 Å². The van der Waals surface area contributed by atoms with Gasteiger partial charge in [-0.05, 0) is 24.3 Å². The second-order valence-electron chi connectivity index (χ2n) is 6.35. The average Bonchev–Trinajstić information content (AvgIpc) is 2.72. The maximum Gasteiger partial charge on any atom is 0.249 e. The second-order valence-corrected chi connectivity index (χ2v) is 6.35. The zero-order chi connectivity index (χ0) is 21.0. The van der Waals surface area contributed by atoms with Gasteiger partial charge in [0.05, 0.1) is 27.4 Å². The molecule has 29 heavy (non-hydrogen) atoms. The van der Waals surface area contributed by atoms with Crippen LogP contribution >= 0.6 is 0 Å². The number of ether oxygens (including phenoxy) is 3. The molecule has 1 N–H and O–H groups in total. The van der Waals surface area contributed by atoms with Crippen LogP contribution in [-0.2, 0) is 20.9 Å². The topological polar surface area (TPSA) is 77.1 Å². The Bertz CT molecular complexity index is 922. The lowest BCUT2D eigenvalue weighted by Gasteiger charge is -2.34. The van der Waals surface area contributed by atoms with E-state index in [1.165, 1.54) is 25.2 Å². The van der Waals surface area contributed by atoms with E-state index in [1.807, 2.05) is 0 Å². The number of halogens is 2. The summed E-state index contributed by atoms with van der Waals surface area (Å²) in [5.74, 6) is -1.96. The molecule has 0 aromatic heterocycles. The van der Waals surface area contributed by atoms with Gasteiger partial charge in [0.15, 0.2) is 11.6 Å². The number of carbonyl (C=O) groups excluding carboxylic acids is 2. The molecule has 1 atom stereocenters. The van der Waals surface area contributed by atoms with Gasteiger partial charge in [0.1, 0.15) is 24.1 Å². The summed E-state index contributed by atoms with van der Waals surface area (Å²) in [6, 6.07) is 7.21. The number of methoxy groups -OCH3 is 2. The standard InChI is InChI=1S/C20H20F2N2O5/c1-27-14-5-3-12(18(8-14)28-2)9-24-17(10-29-11-19(24)25)20(26)23-13-4-6-15(21)16(22)7-13/h3-8,17H,9-11H2,1-2H3,(H,23,26)/t17-/m0/s1. The van der Waals surface area contributed by atoms with Crippen LogP contribution in [-0.4, -0.2) is 50.2 Å². The normalized spacial score (nSPS) is 16.5. The number of hydrogen-bond acceptors (Lipinski definition) is 5. The summed E-state index contributed by atoms with van der Waals surface area (Å²) in [6.07, 6.45) is 0. The van der Waals surface area contributed by atoms with Crippen molar-refractivity contribution in [1.29, 1.82) is 0 Å². The van der Waals surface area contributed by atoms with Crippen molar-refractivity contribution in [2.75, 3.05) is 32.8 Å². The Hall–Kier alpha value is -3.20. The fourth-order valence-electron chi connectivity index (χ4n) is 2.99. The fraction of sp³-hybridized carbons (Fsp3) is 0.300. The van der Waals surface area contributed by atoms with Gasteiger partial charge in [0, 0.05) is 23.4 Å². The summed E-state index contributed by atoms with van der Waals surface area (Å²) in [5, 5.41) is 2.49. The molecule has 0 radical (unpaired) electrons. The fourth-order valence-corrected chi connectivity index (χ4v) is 2.99. The summed E-state index contributed by atoms with van der Waals surface area (Å²) in [4.78, 5) is 26.5. The zero-order valence-electron chi connectivity index (χ0n) is 15.9. The van der Waals surface area contributed by atoms with Gasteiger partial charge in [-0.15, -0.1) is 0 Å². The first kappa shape index (κ1) is 20.5. The van der Waals surface area contributed by atoms with Gasteiger partial charge in [-0.1, -0.05) is 0 Å². The van der Waals surface area contributed by atoms with Gasteiger partial charge in [-0.25, -0.2) is 8.78 Å². The van der Waals surface area contributed by atoms with Crippen LogP contribution in [0.1, 0.15) is 5.56 Å². The van der Waals surface area contributed by atoms with Crippen LogP contribution in [0.15, 0.2) is 36.4 Å². The van der Waals surface area contributed by atoms with E-state index in [2.05, 4.69) is 5.32 Å². The van der Waals surface area contributed by atoms with Crippen molar-refractivity contribution in [2.45, 2.75) is 12.6 Å². The monoisotopic (exact) mass is 406 g/mol. The molecular formula is C20H20F2N2O5. The molecule has 2 aromatic carbocycles. The maximum absolute atomic E-state index is 13.4. The Labute approximate surface area is 166 Å². The third kappa shape index (κ3) is 4.62. The molecule has 1 heterocycles. The molecule has 7 nitrogen and oxygen atoms in total. The molecule has 9 heteroatoms. The molecule has 0 saturated carbocycles. The number of carbonyl (C=O) groups is 2. The van der Waals surface area contributed by atoms with E-state index < -0.39 is 23.6 Å². The Morgan fingerprint density at radius 1 is 1.17 bits per heavy atom. The van der Waals surface area contributed by atoms with Crippen molar-refractivity contribution in [1.82, 2.24) is 4.90 Å². The molecule has 0 bridgehead atoms. The number of benzene rings is 2. The van der Waals surface area contributed by atoms with Crippen molar-refractivity contribution in [3.05, 3.63) is 53.6 Å². The van der Waals surface area contributed by atoms with Gasteiger partial charge < -0.3 is 24.4 Å². The highest BCUT2D eigenvalue weighted by Crippen LogP contribution is 2.27. The van der Waals surface area contributed by atoms with Gasteiger partial charge >= 0.3 is 0 Å².